The van der Waals surface area contributed by atoms with Crippen molar-refractivity contribution in [1.29, 1.82) is 0 Å². The molecule has 1 saturated heterocycles. The van der Waals surface area contributed by atoms with Gasteiger partial charge in [-0.25, -0.2) is 0 Å². The first-order chi connectivity index (χ1) is 16.0. The second-order valence-corrected chi connectivity index (χ2v) is 9.94. The summed E-state index contributed by atoms with van der Waals surface area (Å²) in [5.74, 6) is -0.508. The molecular formula is C25H26NO6P. The fraction of sp³-hybridized carbons (Fsp3) is 0.240. The molecule has 0 aromatic heterocycles. The van der Waals surface area contributed by atoms with Crippen molar-refractivity contribution in [3.05, 3.63) is 90.5 Å². The minimum absolute atomic E-state index is 0.398. The van der Waals surface area contributed by atoms with E-state index in [-0.39, 0.29) is 0 Å². The molecule has 3 aromatic rings. The third-order valence-electron chi connectivity index (χ3n) is 5.62. The van der Waals surface area contributed by atoms with Gasteiger partial charge in [0.2, 0.25) is 0 Å². The van der Waals surface area contributed by atoms with E-state index in [1.54, 1.807) is 12.1 Å². The molecule has 5 atom stereocenters. The highest BCUT2D eigenvalue weighted by Gasteiger charge is 2.44. The van der Waals surface area contributed by atoms with Gasteiger partial charge in [0, 0.05) is 5.56 Å². The monoisotopic (exact) mass is 467 g/mol. The maximum atomic E-state index is 13.3. The summed E-state index contributed by atoms with van der Waals surface area (Å²) in [5, 5.41) is 45.7. The van der Waals surface area contributed by atoms with Crippen LogP contribution in [0.25, 0.3) is 0 Å². The zero-order valence-corrected chi connectivity index (χ0v) is 18.6. The van der Waals surface area contributed by atoms with Crippen LogP contribution in [0.1, 0.15) is 10.4 Å². The Morgan fingerprint density at radius 3 is 1.94 bits per heavy atom. The minimum atomic E-state index is -1.58. The standard InChI is InChI=1S/C25H26NO6P/c27-15-19-22(28)23(29)21(25(31)32-19)26-24(30)18-13-7-8-14-20(18)33(16-9-3-1-4-10-16)17-11-5-2-6-12-17/h1-14,19,21-23,25,27-29,31H,15H2,(H,26,30)/t19-,21-,22-,23-,25-/m1/s1. The largest absolute Gasteiger partial charge is 0.394 e. The molecule has 7 nitrogen and oxygen atoms in total. The number of aliphatic hydroxyl groups excluding tert-OH is 4. The van der Waals surface area contributed by atoms with E-state index in [0.29, 0.717) is 5.56 Å². The molecule has 0 saturated carbocycles. The molecule has 1 heterocycles. The van der Waals surface area contributed by atoms with E-state index in [2.05, 4.69) is 5.32 Å². The van der Waals surface area contributed by atoms with Gasteiger partial charge in [0.1, 0.15) is 24.4 Å². The van der Waals surface area contributed by atoms with Crippen molar-refractivity contribution < 1.29 is 30.0 Å². The summed E-state index contributed by atoms with van der Waals surface area (Å²) in [5.41, 5.74) is 0.398. The lowest BCUT2D eigenvalue weighted by Gasteiger charge is -2.40. The highest BCUT2D eigenvalue weighted by molar-refractivity contribution is 7.80. The molecular weight excluding hydrogens is 441 g/mol. The summed E-state index contributed by atoms with van der Waals surface area (Å²) in [7, 11) is -1.06. The van der Waals surface area contributed by atoms with E-state index < -0.39 is 51.1 Å². The summed E-state index contributed by atoms with van der Waals surface area (Å²) in [6.45, 7) is -0.572. The number of hydrogen-bond acceptors (Lipinski definition) is 6. The highest BCUT2D eigenvalue weighted by Crippen LogP contribution is 2.34. The maximum absolute atomic E-state index is 13.3. The van der Waals surface area contributed by atoms with Crippen LogP contribution in [0.15, 0.2) is 84.9 Å². The van der Waals surface area contributed by atoms with Crippen molar-refractivity contribution in [2.75, 3.05) is 6.61 Å². The molecule has 1 amide bonds. The Morgan fingerprint density at radius 1 is 0.818 bits per heavy atom. The molecule has 8 heteroatoms. The Morgan fingerprint density at radius 2 is 1.36 bits per heavy atom. The molecule has 0 radical (unpaired) electrons. The van der Waals surface area contributed by atoms with E-state index in [1.165, 1.54) is 0 Å². The van der Waals surface area contributed by atoms with Crippen LogP contribution in [0.4, 0.5) is 0 Å². The first-order valence-corrected chi connectivity index (χ1v) is 12.0. The molecule has 0 unspecified atom stereocenters. The van der Waals surface area contributed by atoms with Gasteiger partial charge in [-0.2, -0.15) is 0 Å². The summed E-state index contributed by atoms with van der Waals surface area (Å²) < 4.78 is 5.17. The SMILES string of the molecule is O=C(N[C@@H]1[C@@H](O)[C@H](O)[C@@H](CO)O[C@H]1O)c1ccccc1P(c1ccccc1)c1ccccc1. The van der Waals surface area contributed by atoms with Gasteiger partial charge in [-0.15, -0.1) is 0 Å². The summed E-state index contributed by atoms with van der Waals surface area (Å²) >= 11 is 0. The van der Waals surface area contributed by atoms with Crippen molar-refractivity contribution in [1.82, 2.24) is 5.32 Å². The Hall–Kier alpha value is -2.64. The highest BCUT2D eigenvalue weighted by atomic mass is 31.1. The molecule has 1 aliphatic heterocycles. The van der Waals surface area contributed by atoms with E-state index in [4.69, 9.17) is 4.74 Å². The number of rotatable bonds is 6. The number of benzene rings is 3. The Labute approximate surface area is 193 Å². The number of carbonyl (C=O) groups excluding carboxylic acids is 1. The molecule has 0 aliphatic carbocycles. The molecule has 0 bridgehead atoms. The van der Waals surface area contributed by atoms with Crippen molar-refractivity contribution in [3.63, 3.8) is 0 Å². The first kappa shape index (κ1) is 23.5. The summed E-state index contributed by atoms with van der Waals surface area (Å²) in [4.78, 5) is 13.3. The molecule has 0 spiro atoms. The molecule has 172 valence electrons. The predicted octanol–water partition coefficient (Wildman–Crippen LogP) is -0.0255. The van der Waals surface area contributed by atoms with Crippen LogP contribution in [0.3, 0.4) is 0 Å². The first-order valence-electron chi connectivity index (χ1n) is 10.6. The van der Waals surface area contributed by atoms with Crippen LogP contribution in [0.5, 0.6) is 0 Å². The van der Waals surface area contributed by atoms with Crippen LogP contribution in [0, 0.1) is 0 Å². The lowest BCUT2D eigenvalue weighted by molar-refractivity contribution is -0.252. The normalized spacial score (nSPS) is 25.1. The van der Waals surface area contributed by atoms with Crippen LogP contribution in [-0.2, 0) is 4.74 Å². The lowest BCUT2D eigenvalue weighted by Crippen LogP contribution is -2.64. The third kappa shape index (κ3) is 4.99. The fourth-order valence-corrected chi connectivity index (χ4v) is 6.37. The Balaban J connectivity index is 1.68. The molecule has 4 rings (SSSR count). The third-order valence-corrected chi connectivity index (χ3v) is 8.12. The lowest BCUT2D eigenvalue weighted by atomic mass is 9.97. The average molecular weight is 467 g/mol. The Kier molecular flexibility index (Phi) is 7.50. The van der Waals surface area contributed by atoms with E-state index >= 15 is 0 Å². The zero-order chi connectivity index (χ0) is 23.4. The van der Waals surface area contributed by atoms with E-state index in [1.807, 2.05) is 72.8 Å². The number of nitrogens with one attached hydrogen (secondary N) is 1. The topological polar surface area (TPSA) is 119 Å². The summed E-state index contributed by atoms with van der Waals surface area (Å²) in [6, 6.07) is 25.8. The number of amides is 1. The van der Waals surface area contributed by atoms with Crippen LogP contribution >= 0.6 is 7.92 Å². The van der Waals surface area contributed by atoms with E-state index in [9.17, 15) is 25.2 Å². The average Bonchev–Trinajstić information content (AvgIpc) is 2.86. The van der Waals surface area contributed by atoms with Gasteiger partial charge >= 0.3 is 0 Å². The number of carbonyl (C=O) groups is 1. The van der Waals surface area contributed by atoms with Crippen molar-refractivity contribution in [3.8, 4) is 0 Å². The van der Waals surface area contributed by atoms with Crippen LogP contribution < -0.4 is 21.2 Å². The number of hydrogen-bond donors (Lipinski definition) is 5. The number of aliphatic hydroxyl groups is 4. The van der Waals surface area contributed by atoms with Gasteiger partial charge in [-0.3, -0.25) is 4.79 Å². The van der Waals surface area contributed by atoms with Gasteiger partial charge in [-0.1, -0.05) is 78.9 Å². The second-order valence-electron chi connectivity index (χ2n) is 7.75. The van der Waals surface area contributed by atoms with Gasteiger partial charge in [0.05, 0.1) is 6.61 Å². The van der Waals surface area contributed by atoms with Gasteiger partial charge < -0.3 is 30.5 Å². The van der Waals surface area contributed by atoms with Gasteiger partial charge in [0.25, 0.3) is 5.91 Å². The molecule has 1 aliphatic rings. The fourth-order valence-electron chi connectivity index (χ4n) is 3.92. The van der Waals surface area contributed by atoms with Crippen molar-refractivity contribution >= 4 is 29.7 Å². The second kappa shape index (κ2) is 10.5. The maximum Gasteiger partial charge on any atom is 0.252 e. The molecule has 3 aromatic carbocycles. The predicted molar refractivity (Wildman–Crippen MR) is 126 cm³/mol. The Bertz CT molecular complexity index is 1030. The zero-order valence-electron chi connectivity index (χ0n) is 17.7. The molecule has 5 N–H and O–H groups in total. The van der Waals surface area contributed by atoms with Gasteiger partial charge in [0.15, 0.2) is 6.29 Å². The minimum Gasteiger partial charge on any atom is -0.394 e. The van der Waals surface area contributed by atoms with Crippen molar-refractivity contribution in [2.45, 2.75) is 30.6 Å². The smallest absolute Gasteiger partial charge is 0.252 e. The van der Waals surface area contributed by atoms with Gasteiger partial charge in [-0.05, 0) is 29.9 Å². The number of ether oxygens (including phenoxy) is 1. The molecule has 1 fully saturated rings. The van der Waals surface area contributed by atoms with E-state index in [0.717, 1.165) is 15.9 Å². The quantitative estimate of drug-likeness (QED) is 0.325. The molecule has 33 heavy (non-hydrogen) atoms. The van der Waals surface area contributed by atoms with Crippen LogP contribution in [-0.4, -0.2) is 63.6 Å². The van der Waals surface area contributed by atoms with Crippen LogP contribution in [0.2, 0.25) is 0 Å². The summed E-state index contributed by atoms with van der Waals surface area (Å²) in [6.07, 6.45) is -5.68. The van der Waals surface area contributed by atoms with Crippen molar-refractivity contribution in [2.24, 2.45) is 0 Å².